The van der Waals surface area contributed by atoms with Gasteiger partial charge in [0.05, 0.1) is 19.8 Å². The number of ether oxygens (including phenoxy) is 3. The van der Waals surface area contributed by atoms with Crippen LogP contribution in [0.1, 0.15) is 25.3 Å². The van der Waals surface area contributed by atoms with Crippen LogP contribution in [-0.2, 0) is 14.3 Å². The third-order valence-corrected chi connectivity index (χ3v) is 4.49. The molecule has 2 fully saturated rings. The van der Waals surface area contributed by atoms with E-state index in [2.05, 4.69) is 0 Å². The highest BCUT2D eigenvalue weighted by molar-refractivity contribution is 5.91. The molecule has 2 aliphatic rings. The molecule has 2 aliphatic heterocycles. The Morgan fingerprint density at radius 1 is 1.21 bits per heavy atom. The van der Waals surface area contributed by atoms with Gasteiger partial charge in [-0.05, 0) is 43.5 Å². The lowest BCUT2D eigenvalue weighted by Gasteiger charge is -2.33. The smallest absolute Gasteiger partial charge is 0.246 e. The van der Waals surface area contributed by atoms with Gasteiger partial charge in [-0.25, -0.2) is 0 Å². The molecule has 24 heavy (non-hydrogen) atoms. The molecule has 1 aromatic rings. The van der Waals surface area contributed by atoms with Crippen molar-refractivity contribution in [3.63, 3.8) is 0 Å². The summed E-state index contributed by atoms with van der Waals surface area (Å²) in [5.41, 5.74) is 0.995. The Bertz CT molecular complexity index is 555. The summed E-state index contributed by atoms with van der Waals surface area (Å²) in [4.78, 5) is 14.2. The van der Waals surface area contributed by atoms with Crippen LogP contribution in [-0.4, -0.2) is 50.0 Å². The van der Waals surface area contributed by atoms with E-state index in [4.69, 9.17) is 14.2 Å². The highest BCUT2D eigenvalue weighted by Gasteiger charge is 2.31. The summed E-state index contributed by atoms with van der Waals surface area (Å²) in [7, 11) is 0. The van der Waals surface area contributed by atoms with Gasteiger partial charge >= 0.3 is 0 Å². The van der Waals surface area contributed by atoms with Crippen LogP contribution in [0.3, 0.4) is 0 Å². The number of carbonyl (C=O) groups excluding carboxylic acids is 1. The molecular formula is C19H25NO4. The predicted octanol–water partition coefficient (Wildman–Crippen LogP) is 2.71. The molecule has 0 N–H and O–H groups in total. The van der Waals surface area contributed by atoms with Crippen molar-refractivity contribution in [2.24, 2.45) is 5.92 Å². The zero-order valence-corrected chi connectivity index (χ0v) is 14.1. The molecule has 2 saturated heterocycles. The fourth-order valence-electron chi connectivity index (χ4n) is 3.16. The molecule has 0 radical (unpaired) electrons. The lowest BCUT2D eigenvalue weighted by Crippen LogP contribution is -2.40. The van der Waals surface area contributed by atoms with Crippen molar-refractivity contribution in [1.82, 2.24) is 4.90 Å². The van der Waals surface area contributed by atoms with Crippen LogP contribution >= 0.6 is 0 Å². The summed E-state index contributed by atoms with van der Waals surface area (Å²) in [5.74, 6) is 1.32. The number of carbonyl (C=O) groups is 1. The van der Waals surface area contributed by atoms with Crippen molar-refractivity contribution < 1.29 is 19.0 Å². The molecule has 5 nitrogen and oxygen atoms in total. The maximum Gasteiger partial charge on any atom is 0.246 e. The number of likely N-dealkylation sites (tertiary alicyclic amines) is 1. The number of amides is 1. The molecule has 1 amide bonds. The van der Waals surface area contributed by atoms with Crippen LogP contribution in [0.15, 0.2) is 30.3 Å². The molecule has 3 rings (SSSR count). The van der Waals surface area contributed by atoms with Gasteiger partial charge in [-0.1, -0.05) is 12.1 Å². The molecule has 0 atom stereocenters. The molecule has 0 aliphatic carbocycles. The molecular weight excluding hydrogens is 306 g/mol. The average molecular weight is 331 g/mol. The van der Waals surface area contributed by atoms with Crippen molar-refractivity contribution in [2.75, 3.05) is 32.9 Å². The van der Waals surface area contributed by atoms with E-state index in [-0.39, 0.29) is 12.2 Å². The Morgan fingerprint density at radius 3 is 2.50 bits per heavy atom. The van der Waals surface area contributed by atoms with E-state index in [1.165, 1.54) is 0 Å². The van der Waals surface area contributed by atoms with Crippen LogP contribution in [0.4, 0.5) is 0 Å². The summed E-state index contributed by atoms with van der Waals surface area (Å²) in [6, 6.07) is 7.74. The highest BCUT2D eigenvalue weighted by Crippen LogP contribution is 2.26. The Balaban J connectivity index is 1.48. The second-order valence-corrected chi connectivity index (χ2v) is 6.11. The minimum absolute atomic E-state index is 0.0654. The first-order chi connectivity index (χ1) is 11.8. The zero-order chi connectivity index (χ0) is 16.8. The molecule has 130 valence electrons. The van der Waals surface area contributed by atoms with Crippen LogP contribution in [0, 0.1) is 5.92 Å². The van der Waals surface area contributed by atoms with Gasteiger partial charge in [-0.2, -0.15) is 0 Å². The standard InChI is InChI=1S/C19H25NO4/c1-2-22-17-6-3-15(4-7-17)5-8-18(21)20-11-9-16(10-12-20)19-23-13-14-24-19/h3-8,16,19H,2,9-14H2,1H3/b8-5+. The summed E-state index contributed by atoms with van der Waals surface area (Å²) >= 11 is 0. The summed E-state index contributed by atoms with van der Waals surface area (Å²) in [6.07, 6.45) is 5.31. The SMILES string of the molecule is CCOc1ccc(/C=C/C(=O)N2CCC(C3OCCO3)CC2)cc1. The molecule has 1 aromatic carbocycles. The molecule has 0 bridgehead atoms. The Labute approximate surface area is 143 Å². The lowest BCUT2D eigenvalue weighted by atomic mass is 9.96. The Kier molecular flexibility index (Phi) is 5.88. The highest BCUT2D eigenvalue weighted by atomic mass is 16.7. The molecule has 5 heteroatoms. The summed E-state index contributed by atoms with van der Waals surface area (Å²) in [5, 5.41) is 0. The van der Waals surface area contributed by atoms with Gasteiger partial charge in [0.15, 0.2) is 6.29 Å². The quantitative estimate of drug-likeness (QED) is 0.779. The van der Waals surface area contributed by atoms with E-state index in [0.717, 1.165) is 37.2 Å². The van der Waals surface area contributed by atoms with Gasteiger partial charge < -0.3 is 19.1 Å². The number of hydrogen-bond donors (Lipinski definition) is 0. The van der Waals surface area contributed by atoms with Gasteiger partial charge in [0.2, 0.25) is 5.91 Å². The van der Waals surface area contributed by atoms with Crippen LogP contribution in [0.2, 0.25) is 0 Å². The summed E-state index contributed by atoms with van der Waals surface area (Å²) < 4.78 is 16.6. The van der Waals surface area contributed by atoms with E-state index in [1.54, 1.807) is 6.08 Å². The van der Waals surface area contributed by atoms with Crippen molar-refractivity contribution >= 4 is 12.0 Å². The van der Waals surface area contributed by atoms with E-state index >= 15 is 0 Å². The van der Waals surface area contributed by atoms with Crippen molar-refractivity contribution in [3.05, 3.63) is 35.9 Å². The first kappa shape index (κ1) is 17.0. The van der Waals surface area contributed by atoms with E-state index in [1.807, 2.05) is 42.2 Å². The average Bonchev–Trinajstić information content (AvgIpc) is 3.16. The molecule has 0 unspecified atom stereocenters. The van der Waals surface area contributed by atoms with Gasteiger partial charge in [0, 0.05) is 25.1 Å². The number of rotatable bonds is 5. The molecule has 0 aromatic heterocycles. The normalized spacial score (nSPS) is 20.0. The Morgan fingerprint density at radius 2 is 1.88 bits per heavy atom. The van der Waals surface area contributed by atoms with Crippen molar-refractivity contribution in [3.8, 4) is 5.75 Å². The number of hydrogen-bond acceptors (Lipinski definition) is 4. The Hall–Kier alpha value is -1.85. The first-order valence-electron chi connectivity index (χ1n) is 8.69. The van der Waals surface area contributed by atoms with E-state index in [0.29, 0.717) is 25.7 Å². The van der Waals surface area contributed by atoms with Gasteiger partial charge in [0.25, 0.3) is 0 Å². The van der Waals surface area contributed by atoms with Crippen molar-refractivity contribution in [2.45, 2.75) is 26.1 Å². The van der Waals surface area contributed by atoms with Gasteiger partial charge in [0.1, 0.15) is 5.75 Å². The summed E-state index contributed by atoms with van der Waals surface area (Å²) in [6.45, 7) is 5.52. The van der Waals surface area contributed by atoms with E-state index in [9.17, 15) is 4.79 Å². The van der Waals surface area contributed by atoms with Crippen LogP contribution in [0.5, 0.6) is 5.75 Å². The fourth-order valence-corrected chi connectivity index (χ4v) is 3.16. The van der Waals surface area contributed by atoms with Gasteiger partial charge in [-0.15, -0.1) is 0 Å². The fraction of sp³-hybridized carbons (Fsp3) is 0.526. The molecule has 2 heterocycles. The number of nitrogens with zero attached hydrogens (tertiary/aromatic N) is 1. The van der Waals surface area contributed by atoms with Crippen LogP contribution in [0.25, 0.3) is 6.08 Å². The zero-order valence-electron chi connectivity index (χ0n) is 14.1. The second-order valence-electron chi connectivity index (χ2n) is 6.11. The maximum absolute atomic E-state index is 12.3. The monoisotopic (exact) mass is 331 g/mol. The van der Waals surface area contributed by atoms with Gasteiger partial charge in [-0.3, -0.25) is 4.79 Å². The first-order valence-corrected chi connectivity index (χ1v) is 8.69. The minimum atomic E-state index is -0.0679. The van der Waals surface area contributed by atoms with E-state index < -0.39 is 0 Å². The van der Waals surface area contributed by atoms with Crippen LogP contribution < -0.4 is 4.74 Å². The third-order valence-electron chi connectivity index (χ3n) is 4.49. The van der Waals surface area contributed by atoms with Crippen molar-refractivity contribution in [1.29, 1.82) is 0 Å². The number of benzene rings is 1. The molecule has 0 saturated carbocycles. The lowest BCUT2D eigenvalue weighted by molar-refractivity contribution is -0.131. The second kappa shape index (κ2) is 8.31. The predicted molar refractivity (Wildman–Crippen MR) is 91.6 cm³/mol. The minimum Gasteiger partial charge on any atom is -0.494 e. The molecule has 0 spiro atoms. The largest absolute Gasteiger partial charge is 0.494 e. The third kappa shape index (κ3) is 4.36. The maximum atomic E-state index is 12.3. The topological polar surface area (TPSA) is 48.0 Å². The number of piperidine rings is 1.